The van der Waals surface area contributed by atoms with Crippen LogP contribution in [0, 0.1) is 0 Å². The van der Waals surface area contributed by atoms with E-state index >= 15 is 0 Å². The predicted molar refractivity (Wildman–Crippen MR) is 106 cm³/mol. The molecular weight excluding hydrogens is 388 g/mol. The van der Waals surface area contributed by atoms with E-state index in [1.807, 2.05) is 24.3 Å². The summed E-state index contributed by atoms with van der Waals surface area (Å²) in [5.41, 5.74) is 1.40. The molecule has 0 aliphatic rings. The molecule has 138 valence electrons. The summed E-state index contributed by atoms with van der Waals surface area (Å²) < 4.78 is 0.935. The summed E-state index contributed by atoms with van der Waals surface area (Å²) in [6.07, 6.45) is -0.0305. The lowest BCUT2D eigenvalue weighted by Gasteiger charge is -2.07. The van der Waals surface area contributed by atoms with Gasteiger partial charge in [0.05, 0.1) is 17.2 Å². The van der Waals surface area contributed by atoms with Crippen molar-refractivity contribution in [3.05, 3.63) is 64.0 Å². The number of nitrogens with one attached hydrogen (secondary N) is 1. The van der Waals surface area contributed by atoms with Crippen molar-refractivity contribution < 1.29 is 19.9 Å². The zero-order valence-corrected chi connectivity index (χ0v) is 15.5. The van der Waals surface area contributed by atoms with Gasteiger partial charge in [0.15, 0.2) is 0 Å². The number of carbonyl (C=O) groups excluding carboxylic acids is 1. The third-order valence-electron chi connectivity index (χ3n) is 3.91. The Morgan fingerprint density at radius 1 is 1.07 bits per heavy atom. The number of benzene rings is 2. The molecule has 0 saturated heterocycles. The second-order valence-corrected chi connectivity index (χ2v) is 7.14. The number of carboxylic acids is 1. The maximum atomic E-state index is 12.5. The third-order valence-corrected chi connectivity index (χ3v) is 5.59. The first-order valence-electron chi connectivity index (χ1n) is 8.01. The highest BCUT2D eigenvalue weighted by molar-refractivity contribution is 7.21. The molecule has 8 heteroatoms. The monoisotopic (exact) mass is 402 g/mol. The number of amides is 1. The molecule has 0 saturated carbocycles. The van der Waals surface area contributed by atoms with Crippen LogP contribution in [0.5, 0.6) is 0 Å². The van der Waals surface area contributed by atoms with Gasteiger partial charge in [0.25, 0.3) is 5.91 Å². The van der Waals surface area contributed by atoms with Crippen molar-refractivity contribution in [3.8, 4) is 0 Å². The number of anilines is 1. The van der Waals surface area contributed by atoms with Gasteiger partial charge in [-0.25, -0.2) is 0 Å². The fourth-order valence-corrected chi connectivity index (χ4v) is 3.98. The van der Waals surface area contributed by atoms with E-state index in [-0.39, 0.29) is 24.5 Å². The fourth-order valence-electron chi connectivity index (χ4n) is 2.57. The van der Waals surface area contributed by atoms with E-state index in [9.17, 15) is 9.59 Å². The number of rotatable bonds is 6. The molecule has 3 N–H and O–H groups in total. The maximum absolute atomic E-state index is 12.5. The molecule has 6 nitrogen and oxygen atoms in total. The smallest absolute Gasteiger partial charge is 0.303 e. The van der Waals surface area contributed by atoms with Crippen LogP contribution in [0.3, 0.4) is 0 Å². The second-order valence-electron chi connectivity index (χ2n) is 5.71. The molecular formula is C19H15ClN2O4S. The topological polar surface area (TPSA) is 99.0 Å². The van der Waals surface area contributed by atoms with E-state index in [1.165, 1.54) is 11.3 Å². The number of oxime groups is 1. The van der Waals surface area contributed by atoms with Crippen molar-refractivity contribution in [1.29, 1.82) is 0 Å². The maximum Gasteiger partial charge on any atom is 0.303 e. The quantitative estimate of drug-likeness (QED) is 0.312. The minimum absolute atomic E-state index is 0.106. The highest BCUT2D eigenvalue weighted by atomic mass is 35.5. The van der Waals surface area contributed by atoms with Crippen LogP contribution >= 0.6 is 22.9 Å². The van der Waals surface area contributed by atoms with Gasteiger partial charge in [0.2, 0.25) is 0 Å². The van der Waals surface area contributed by atoms with Crippen molar-refractivity contribution in [1.82, 2.24) is 0 Å². The zero-order chi connectivity index (χ0) is 19.4. The Labute approximate surface area is 163 Å². The summed E-state index contributed by atoms with van der Waals surface area (Å²) in [5.74, 6) is -1.28. The summed E-state index contributed by atoms with van der Waals surface area (Å²) in [4.78, 5) is 23.6. The Morgan fingerprint density at radius 3 is 2.41 bits per heavy atom. The first-order valence-corrected chi connectivity index (χ1v) is 9.20. The number of hydrogen-bond acceptors (Lipinski definition) is 5. The van der Waals surface area contributed by atoms with Crippen LogP contribution in [0.4, 0.5) is 5.69 Å². The van der Waals surface area contributed by atoms with Crippen molar-refractivity contribution in [3.63, 3.8) is 0 Å². The number of carbonyl (C=O) groups is 2. The van der Waals surface area contributed by atoms with Gasteiger partial charge in [-0.1, -0.05) is 47.1 Å². The summed E-state index contributed by atoms with van der Waals surface area (Å²) in [6.45, 7) is 0. The fraction of sp³-hybridized carbons (Fsp3) is 0.105. The van der Waals surface area contributed by atoms with E-state index in [2.05, 4.69) is 10.5 Å². The molecule has 0 unspecified atom stereocenters. The molecule has 1 amide bonds. The van der Waals surface area contributed by atoms with E-state index in [0.717, 1.165) is 10.1 Å². The minimum atomic E-state index is -0.972. The molecule has 0 radical (unpaired) electrons. The van der Waals surface area contributed by atoms with Gasteiger partial charge in [0.1, 0.15) is 4.88 Å². The summed E-state index contributed by atoms with van der Waals surface area (Å²) >= 11 is 7.64. The van der Waals surface area contributed by atoms with Crippen molar-refractivity contribution in [2.75, 3.05) is 5.32 Å². The van der Waals surface area contributed by atoms with Crippen LogP contribution in [0.25, 0.3) is 10.1 Å². The number of nitrogens with zero attached hydrogens (tertiary/aromatic N) is 1. The zero-order valence-electron chi connectivity index (χ0n) is 14.0. The van der Waals surface area contributed by atoms with E-state index in [4.69, 9.17) is 21.9 Å². The molecule has 27 heavy (non-hydrogen) atoms. The number of carboxylic acid groups (broad SMARTS) is 1. The Hall–Kier alpha value is -2.90. The van der Waals surface area contributed by atoms with Crippen LogP contribution in [-0.4, -0.2) is 27.9 Å². The van der Waals surface area contributed by atoms with Crippen molar-refractivity contribution in [2.24, 2.45) is 5.16 Å². The number of halogens is 1. The largest absolute Gasteiger partial charge is 0.481 e. The van der Waals surface area contributed by atoms with Crippen LogP contribution < -0.4 is 5.32 Å². The lowest BCUT2D eigenvalue weighted by atomic mass is 10.1. The standard InChI is InChI=1S/C19H15ClN2O4S/c20-17-13-3-1-2-4-15(13)27-18(17)19(25)21-12-7-5-11(6-8-12)14(22-26)9-10-16(23)24/h1-8,26H,9-10H2,(H,21,25)(H,23,24)/b22-14+. The third kappa shape index (κ3) is 4.27. The van der Waals surface area contributed by atoms with Crippen molar-refractivity contribution in [2.45, 2.75) is 12.8 Å². The first kappa shape index (κ1) is 18.9. The molecule has 0 fully saturated rings. The van der Waals surface area contributed by atoms with Gasteiger partial charge in [-0.05, 0) is 23.8 Å². The molecule has 1 aromatic heterocycles. The Bertz CT molecular complexity index is 1030. The highest BCUT2D eigenvalue weighted by Crippen LogP contribution is 2.35. The van der Waals surface area contributed by atoms with Gasteiger partial charge in [0, 0.05) is 22.2 Å². The molecule has 0 aliphatic heterocycles. The molecule has 0 spiro atoms. The van der Waals surface area contributed by atoms with Gasteiger partial charge >= 0.3 is 5.97 Å². The Morgan fingerprint density at radius 2 is 1.78 bits per heavy atom. The molecule has 3 aromatic rings. The number of hydrogen-bond donors (Lipinski definition) is 3. The summed E-state index contributed by atoms with van der Waals surface area (Å²) in [6, 6.07) is 14.1. The number of fused-ring (bicyclic) bond motifs is 1. The lowest BCUT2D eigenvalue weighted by Crippen LogP contribution is -2.11. The molecule has 0 atom stereocenters. The predicted octanol–water partition coefficient (Wildman–Crippen LogP) is 4.85. The van der Waals surface area contributed by atoms with E-state index in [1.54, 1.807) is 24.3 Å². The average molecular weight is 403 g/mol. The van der Waals surface area contributed by atoms with Crippen LogP contribution in [-0.2, 0) is 4.79 Å². The molecule has 0 aliphatic carbocycles. The van der Waals surface area contributed by atoms with E-state index in [0.29, 0.717) is 21.2 Å². The number of thiophene rings is 1. The second kappa shape index (κ2) is 8.20. The van der Waals surface area contributed by atoms with Gasteiger partial charge < -0.3 is 15.6 Å². The van der Waals surface area contributed by atoms with Crippen LogP contribution in [0.15, 0.2) is 53.7 Å². The first-order chi connectivity index (χ1) is 13.0. The van der Waals surface area contributed by atoms with Crippen molar-refractivity contribution >= 4 is 56.3 Å². The lowest BCUT2D eigenvalue weighted by molar-refractivity contribution is -0.136. The van der Waals surface area contributed by atoms with Crippen LogP contribution in [0.1, 0.15) is 28.1 Å². The van der Waals surface area contributed by atoms with Gasteiger partial charge in [-0.15, -0.1) is 11.3 Å². The number of aliphatic carboxylic acids is 1. The molecule has 0 bridgehead atoms. The minimum Gasteiger partial charge on any atom is -0.481 e. The summed E-state index contributed by atoms with van der Waals surface area (Å²) in [5, 5.41) is 25.0. The molecule has 3 rings (SSSR count). The van der Waals surface area contributed by atoms with Gasteiger partial charge in [-0.3, -0.25) is 9.59 Å². The Balaban J connectivity index is 1.74. The molecule has 2 aromatic carbocycles. The average Bonchev–Trinajstić information content (AvgIpc) is 3.00. The summed E-state index contributed by atoms with van der Waals surface area (Å²) in [7, 11) is 0. The normalized spacial score (nSPS) is 11.5. The Kier molecular flexibility index (Phi) is 5.73. The molecule has 1 heterocycles. The highest BCUT2D eigenvalue weighted by Gasteiger charge is 2.17. The van der Waals surface area contributed by atoms with Crippen LogP contribution in [0.2, 0.25) is 5.02 Å². The van der Waals surface area contributed by atoms with E-state index < -0.39 is 5.97 Å². The van der Waals surface area contributed by atoms with Gasteiger partial charge in [-0.2, -0.15) is 0 Å². The SMILES string of the molecule is O=C(O)CC/C(=N\O)c1ccc(NC(=O)c2sc3ccccc3c2Cl)cc1.